The van der Waals surface area contributed by atoms with Gasteiger partial charge in [0, 0.05) is 17.3 Å². The summed E-state index contributed by atoms with van der Waals surface area (Å²) in [7, 11) is 0. The van der Waals surface area contributed by atoms with Crippen LogP contribution in [0.25, 0.3) is 10.8 Å². The molecule has 2 aromatic carbocycles. The third kappa shape index (κ3) is 3.35. The quantitative estimate of drug-likeness (QED) is 0.874. The summed E-state index contributed by atoms with van der Waals surface area (Å²) in [5.41, 5.74) is 1.46. The summed E-state index contributed by atoms with van der Waals surface area (Å²) < 4.78 is 47.6. The molecule has 4 nitrogen and oxygen atoms in total. The molecule has 1 heterocycles. The van der Waals surface area contributed by atoms with E-state index in [-0.39, 0.29) is 12.0 Å². The number of amides is 1. The molecule has 1 unspecified atom stereocenters. The van der Waals surface area contributed by atoms with E-state index in [1.165, 1.54) is 12.1 Å². The van der Waals surface area contributed by atoms with Crippen LogP contribution in [0, 0.1) is 0 Å². The molecule has 7 heteroatoms. The second-order valence-electron chi connectivity index (χ2n) is 7.01. The summed E-state index contributed by atoms with van der Waals surface area (Å²) in [6, 6.07) is 8.12. The summed E-state index contributed by atoms with van der Waals surface area (Å²) in [4.78, 5) is 11.8. The largest absolute Gasteiger partial charge is 0.493 e. The molecule has 0 aliphatic carbocycles. The van der Waals surface area contributed by atoms with Crippen molar-refractivity contribution in [2.75, 3.05) is 6.61 Å². The zero-order chi connectivity index (χ0) is 19.1. The lowest BCUT2D eigenvalue weighted by Gasteiger charge is -2.38. The zero-order valence-electron chi connectivity index (χ0n) is 14.9. The highest BCUT2D eigenvalue weighted by molar-refractivity contribution is 5.89. The van der Waals surface area contributed by atoms with Gasteiger partial charge in [-0.05, 0) is 43.9 Å². The number of nitrogens with one attached hydrogen (secondary N) is 1. The van der Waals surface area contributed by atoms with Crippen molar-refractivity contribution in [3.05, 3.63) is 42.0 Å². The van der Waals surface area contributed by atoms with Crippen LogP contribution < -0.4 is 10.2 Å². The highest BCUT2D eigenvalue weighted by atomic mass is 19.4. The van der Waals surface area contributed by atoms with Crippen molar-refractivity contribution in [2.24, 2.45) is 0 Å². The average Bonchev–Trinajstić information content (AvgIpc) is 2.79. The van der Waals surface area contributed by atoms with E-state index >= 15 is 0 Å². The molecule has 2 aromatic rings. The first-order valence-corrected chi connectivity index (χ1v) is 8.44. The number of carbonyl (C=O) groups excluding carboxylic acids is 1. The molecule has 1 aliphatic heterocycles. The van der Waals surface area contributed by atoms with Crippen molar-refractivity contribution >= 4 is 16.7 Å². The molecule has 1 atom stereocenters. The van der Waals surface area contributed by atoms with Gasteiger partial charge >= 0.3 is 6.18 Å². The van der Waals surface area contributed by atoms with Gasteiger partial charge in [-0.3, -0.25) is 10.2 Å². The Morgan fingerprint density at radius 1 is 1.27 bits per heavy atom. The second-order valence-corrected chi connectivity index (χ2v) is 7.01. The lowest BCUT2D eigenvalue weighted by atomic mass is 9.95. The molecule has 0 saturated carbocycles. The number of carbonyl (C=O) groups is 1. The summed E-state index contributed by atoms with van der Waals surface area (Å²) in [6.45, 7) is 5.37. The van der Waals surface area contributed by atoms with Gasteiger partial charge < -0.3 is 4.74 Å². The van der Waals surface area contributed by atoms with E-state index < -0.39 is 23.7 Å². The molecular weight excluding hydrogens is 345 g/mol. The molecule has 0 aromatic heterocycles. The van der Waals surface area contributed by atoms with Crippen molar-refractivity contribution in [1.29, 1.82) is 0 Å². The maximum absolute atomic E-state index is 14.0. The van der Waals surface area contributed by atoms with Gasteiger partial charge in [-0.15, -0.1) is 0 Å². The summed E-state index contributed by atoms with van der Waals surface area (Å²) in [5.74, 6) is -0.0201. The topological polar surface area (TPSA) is 41.6 Å². The number of halogens is 3. The summed E-state index contributed by atoms with van der Waals surface area (Å²) in [5, 5.41) is 2.42. The van der Waals surface area contributed by atoms with Crippen LogP contribution in [0.15, 0.2) is 36.4 Å². The molecule has 0 spiro atoms. The van der Waals surface area contributed by atoms with Crippen LogP contribution in [-0.2, 0) is 4.79 Å². The zero-order valence-corrected chi connectivity index (χ0v) is 14.9. The Balaban J connectivity index is 2.17. The minimum atomic E-state index is -4.57. The van der Waals surface area contributed by atoms with Gasteiger partial charge in [0.05, 0.1) is 6.61 Å². The number of rotatable bonds is 4. The van der Waals surface area contributed by atoms with Crippen molar-refractivity contribution in [1.82, 2.24) is 10.4 Å². The number of ether oxygens (including phenoxy) is 1. The number of hydrazine groups is 1. The predicted molar refractivity (Wildman–Crippen MR) is 92.6 cm³/mol. The standard InChI is InChI=1S/C19H21F3N2O2/c1-4-26-15-10-13(9-12-7-5-6-8-14(12)15)17(19(20,21)22)24-18(2,3)11-16(25)23-24/h5-10,17H,4,11H2,1-3H3,(H,23,25). The first kappa shape index (κ1) is 18.5. The molecule has 1 amide bonds. The van der Waals surface area contributed by atoms with E-state index in [0.717, 1.165) is 10.4 Å². The van der Waals surface area contributed by atoms with Crippen LogP contribution >= 0.6 is 0 Å². The molecule has 140 valence electrons. The van der Waals surface area contributed by atoms with Gasteiger partial charge in [-0.25, -0.2) is 0 Å². The highest BCUT2D eigenvalue weighted by Gasteiger charge is 2.53. The predicted octanol–water partition coefficient (Wildman–Crippen LogP) is 4.36. The minimum Gasteiger partial charge on any atom is -0.493 e. The SMILES string of the molecule is CCOc1cc(C(N2NC(=O)CC2(C)C)C(F)(F)F)cc2ccccc12. The summed E-state index contributed by atoms with van der Waals surface area (Å²) >= 11 is 0. The normalized spacial score (nSPS) is 18.8. The molecule has 3 rings (SSSR count). The van der Waals surface area contributed by atoms with Gasteiger partial charge in [0.15, 0.2) is 6.04 Å². The number of benzene rings is 2. The second kappa shape index (κ2) is 6.46. The lowest BCUT2D eigenvalue weighted by Crippen LogP contribution is -2.51. The maximum Gasteiger partial charge on any atom is 0.409 e. The van der Waals surface area contributed by atoms with Gasteiger partial charge in [-0.1, -0.05) is 24.3 Å². The molecule has 1 aliphatic rings. The Hall–Kier alpha value is -2.28. The Labute approximate surface area is 149 Å². The first-order valence-electron chi connectivity index (χ1n) is 8.44. The van der Waals surface area contributed by atoms with Crippen LogP contribution in [0.4, 0.5) is 13.2 Å². The number of fused-ring (bicyclic) bond motifs is 1. The molecule has 0 bridgehead atoms. The Kier molecular flexibility index (Phi) is 4.60. The van der Waals surface area contributed by atoms with Crippen LogP contribution in [0.1, 0.15) is 38.8 Å². The molecule has 1 fully saturated rings. The van der Waals surface area contributed by atoms with E-state index in [0.29, 0.717) is 17.7 Å². The Morgan fingerprint density at radius 2 is 1.96 bits per heavy atom. The third-order valence-electron chi connectivity index (χ3n) is 4.52. The van der Waals surface area contributed by atoms with Gasteiger partial charge in [0.25, 0.3) is 0 Å². The minimum absolute atomic E-state index is 0.00543. The van der Waals surface area contributed by atoms with Crippen molar-refractivity contribution in [3.8, 4) is 5.75 Å². The average molecular weight is 366 g/mol. The highest BCUT2D eigenvalue weighted by Crippen LogP contribution is 2.44. The molecular formula is C19H21F3N2O2. The van der Waals surface area contributed by atoms with E-state index in [1.54, 1.807) is 32.9 Å². The third-order valence-corrected chi connectivity index (χ3v) is 4.52. The van der Waals surface area contributed by atoms with Crippen LogP contribution in [-0.4, -0.2) is 29.2 Å². The van der Waals surface area contributed by atoms with E-state index in [1.807, 2.05) is 12.1 Å². The molecule has 1 N–H and O–H groups in total. The smallest absolute Gasteiger partial charge is 0.409 e. The van der Waals surface area contributed by atoms with Gasteiger partial charge in [0.1, 0.15) is 5.75 Å². The molecule has 26 heavy (non-hydrogen) atoms. The number of nitrogens with zero attached hydrogens (tertiary/aromatic N) is 1. The molecule has 0 radical (unpaired) electrons. The van der Waals surface area contributed by atoms with E-state index in [9.17, 15) is 18.0 Å². The van der Waals surface area contributed by atoms with Crippen molar-refractivity contribution < 1.29 is 22.7 Å². The first-order chi connectivity index (χ1) is 12.1. The number of hydrogen-bond donors (Lipinski definition) is 1. The number of alkyl halides is 3. The Morgan fingerprint density at radius 3 is 2.54 bits per heavy atom. The van der Waals surface area contributed by atoms with E-state index in [2.05, 4.69) is 5.43 Å². The van der Waals surface area contributed by atoms with Crippen LogP contribution in [0.2, 0.25) is 0 Å². The fourth-order valence-electron chi connectivity index (χ4n) is 3.43. The van der Waals surface area contributed by atoms with Gasteiger partial charge in [-0.2, -0.15) is 18.2 Å². The molecule has 1 saturated heterocycles. The fraction of sp³-hybridized carbons (Fsp3) is 0.421. The van der Waals surface area contributed by atoms with E-state index in [4.69, 9.17) is 4.74 Å². The summed E-state index contributed by atoms with van der Waals surface area (Å²) in [6.07, 6.45) is -4.56. The van der Waals surface area contributed by atoms with Crippen molar-refractivity contribution in [3.63, 3.8) is 0 Å². The maximum atomic E-state index is 14.0. The monoisotopic (exact) mass is 366 g/mol. The van der Waals surface area contributed by atoms with Gasteiger partial charge in [0.2, 0.25) is 5.91 Å². The van der Waals surface area contributed by atoms with Crippen molar-refractivity contribution in [2.45, 2.75) is 44.9 Å². The lowest BCUT2D eigenvalue weighted by molar-refractivity contribution is -0.203. The Bertz CT molecular complexity index is 833. The fourth-order valence-corrected chi connectivity index (χ4v) is 3.43. The van der Waals surface area contributed by atoms with Crippen LogP contribution in [0.5, 0.6) is 5.75 Å². The number of hydrogen-bond acceptors (Lipinski definition) is 3. The van der Waals surface area contributed by atoms with Crippen LogP contribution in [0.3, 0.4) is 0 Å².